The monoisotopic (exact) mass is 421 g/mol. The number of nitrogens with one attached hydrogen (secondary N) is 2. The molecule has 30 heavy (non-hydrogen) atoms. The van der Waals surface area contributed by atoms with Gasteiger partial charge in [0.15, 0.2) is 0 Å². The molecule has 0 saturated carbocycles. The van der Waals surface area contributed by atoms with Crippen molar-refractivity contribution in [2.24, 2.45) is 5.92 Å². The van der Waals surface area contributed by atoms with Gasteiger partial charge >= 0.3 is 6.09 Å². The van der Waals surface area contributed by atoms with Gasteiger partial charge in [0.05, 0.1) is 6.54 Å². The molecule has 0 aliphatic carbocycles. The first kappa shape index (κ1) is 23.6. The van der Waals surface area contributed by atoms with E-state index in [0.717, 1.165) is 18.4 Å². The van der Waals surface area contributed by atoms with E-state index in [2.05, 4.69) is 10.6 Å². The first-order chi connectivity index (χ1) is 14.1. The molecule has 0 unspecified atom stereocenters. The van der Waals surface area contributed by atoms with Gasteiger partial charge in [-0.25, -0.2) is 9.18 Å². The smallest absolute Gasteiger partial charge is 0.408 e. The second kappa shape index (κ2) is 10.9. The van der Waals surface area contributed by atoms with Crippen LogP contribution in [-0.2, 0) is 20.7 Å². The molecule has 1 aliphatic rings. The second-order valence-electron chi connectivity index (χ2n) is 8.61. The zero-order chi connectivity index (χ0) is 22.1. The molecular formula is C22H32FN3O4. The van der Waals surface area contributed by atoms with E-state index in [1.807, 2.05) is 4.90 Å². The van der Waals surface area contributed by atoms with Crippen LogP contribution in [0.15, 0.2) is 24.3 Å². The number of piperidine rings is 1. The minimum absolute atomic E-state index is 0.100. The number of benzene rings is 1. The van der Waals surface area contributed by atoms with E-state index in [9.17, 15) is 18.8 Å². The van der Waals surface area contributed by atoms with E-state index in [4.69, 9.17) is 4.74 Å². The van der Waals surface area contributed by atoms with Crippen LogP contribution in [-0.4, -0.2) is 54.6 Å². The number of aryl methyl sites for hydroxylation is 1. The van der Waals surface area contributed by atoms with Gasteiger partial charge in [0.2, 0.25) is 11.8 Å². The molecule has 1 aliphatic heterocycles. The SMILES string of the molecule is CC(C)(C)OC(=O)NCC(=O)NCC1CCN(C(=O)CCc2ccc(F)cc2)CC1. The van der Waals surface area contributed by atoms with E-state index in [1.54, 1.807) is 32.9 Å². The van der Waals surface area contributed by atoms with Gasteiger partial charge in [-0.15, -0.1) is 0 Å². The van der Waals surface area contributed by atoms with E-state index >= 15 is 0 Å². The van der Waals surface area contributed by atoms with Gasteiger partial charge in [-0.3, -0.25) is 9.59 Å². The van der Waals surface area contributed by atoms with Crippen molar-refractivity contribution in [1.82, 2.24) is 15.5 Å². The molecule has 3 amide bonds. The molecule has 8 heteroatoms. The summed E-state index contributed by atoms with van der Waals surface area (Å²) < 4.78 is 18.0. The molecule has 7 nitrogen and oxygen atoms in total. The Labute approximate surface area is 177 Å². The number of hydrogen-bond acceptors (Lipinski definition) is 4. The third-order valence-corrected chi connectivity index (χ3v) is 4.89. The Morgan fingerprint density at radius 1 is 1.10 bits per heavy atom. The molecule has 2 N–H and O–H groups in total. The number of carbonyl (C=O) groups is 3. The summed E-state index contributed by atoms with van der Waals surface area (Å²) in [6, 6.07) is 6.22. The average Bonchev–Trinajstić information content (AvgIpc) is 2.69. The van der Waals surface area contributed by atoms with Crippen molar-refractivity contribution in [3.05, 3.63) is 35.6 Å². The third kappa shape index (κ3) is 8.80. The highest BCUT2D eigenvalue weighted by Crippen LogP contribution is 2.18. The van der Waals surface area contributed by atoms with Crippen molar-refractivity contribution in [2.75, 3.05) is 26.2 Å². The summed E-state index contributed by atoms with van der Waals surface area (Å²) in [4.78, 5) is 37.7. The molecule has 1 saturated heterocycles. The number of alkyl carbamates (subject to hydrolysis) is 1. The van der Waals surface area contributed by atoms with E-state index in [1.165, 1.54) is 12.1 Å². The average molecular weight is 422 g/mol. The molecule has 0 spiro atoms. The van der Waals surface area contributed by atoms with Crippen LogP contribution in [0.3, 0.4) is 0 Å². The highest BCUT2D eigenvalue weighted by molar-refractivity contribution is 5.82. The van der Waals surface area contributed by atoms with Crippen LogP contribution in [0.2, 0.25) is 0 Å². The predicted octanol–water partition coefficient (Wildman–Crippen LogP) is 2.64. The van der Waals surface area contributed by atoms with Gasteiger partial charge in [0.25, 0.3) is 0 Å². The van der Waals surface area contributed by atoms with Gasteiger partial charge in [-0.2, -0.15) is 0 Å². The molecule has 0 bridgehead atoms. The highest BCUT2D eigenvalue weighted by atomic mass is 19.1. The lowest BCUT2D eigenvalue weighted by Gasteiger charge is -2.32. The lowest BCUT2D eigenvalue weighted by atomic mass is 9.96. The zero-order valence-corrected chi connectivity index (χ0v) is 18.0. The molecule has 1 aromatic rings. The van der Waals surface area contributed by atoms with Crippen LogP contribution >= 0.6 is 0 Å². The first-order valence-corrected chi connectivity index (χ1v) is 10.4. The number of rotatable bonds is 7. The van der Waals surface area contributed by atoms with E-state index in [-0.39, 0.29) is 24.2 Å². The van der Waals surface area contributed by atoms with Crippen molar-refractivity contribution in [3.8, 4) is 0 Å². The third-order valence-electron chi connectivity index (χ3n) is 4.89. The predicted molar refractivity (Wildman–Crippen MR) is 111 cm³/mol. The zero-order valence-electron chi connectivity index (χ0n) is 18.0. The van der Waals surface area contributed by atoms with Crippen LogP contribution in [0.1, 0.15) is 45.6 Å². The van der Waals surface area contributed by atoms with Crippen molar-refractivity contribution in [2.45, 2.75) is 52.1 Å². The normalized spacial score (nSPS) is 14.9. The molecular weight excluding hydrogens is 389 g/mol. The summed E-state index contributed by atoms with van der Waals surface area (Å²) in [5.74, 6) is -0.140. The summed E-state index contributed by atoms with van der Waals surface area (Å²) in [5, 5.41) is 5.25. The maximum absolute atomic E-state index is 12.9. The fourth-order valence-electron chi connectivity index (χ4n) is 3.23. The molecule has 1 fully saturated rings. The Hall–Kier alpha value is -2.64. The maximum atomic E-state index is 12.9. The Balaban J connectivity index is 1.60. The molecule has 1 heterocycles. The number of carbonyl (C=O) groups excluding carboxylic acids is 3. The number of hydrogen-bond donors (Lipinski definition) is 2. The Kier molecular flexibility index (Phi) is 8.62. The minimum atomic E-state index is -0.620. The van der Waals surface area contributed by atoms with Crippen molar-refractivity contribution >= 4 is 17.9 Å². The fourth-order valence-corrected chi connectivity index (χ4v) is 3.23. The number of ether oxygens (including phenoxy) is 1. The van der Waals surface area contributed by atoms with Crippen molar-refractivity contribution in [3.63, 3.8) is 0 Å². The van der Waals surface area contributed by atoms with Gasteiger partial charge in [0, 0.05) is 26.1 Å². The van der Waals surface area contributed by atoms with Crippen LogP contribution in [0.4, 0.5) is 9.18 Å². The molecule has 0 radical (unpaired) electrons. The fraction of sp³-hybridized carbons (Fsp3) is 0.591. The van der Waals surface area contributed by atoms with Gasteiger partial charge in [-0.1, -0.05) is 12.1 Å². The van der Waals surface area contributed by atoms with Crippen LogP contribution in [0, 0.1) is 11.7 Å². The Morgan fingerprint density at radius 3 is 2.33 bits per heavy atom. The van der Waals surface area contributed by atoms with Crippen molar-refractivity contribution < 1.29 is 23.5 Å². The summed E-state index contributed by atoms with van der Waals surface area (Å²) in [6.45, 7) is 6.99. The maximum Gasteiger partial charge on any atom is 0.408 e. The molecule has 2 rings (SSSR count). The summed E-state index contributed by atoms with van der Waals surface area (Å²) in [5.41, 5.74) is 0.340. The summed E-state index contributed by atoms with van der Waals surface area (Å²) in [6.07, 6.45) is 2.03. The molecule has 166 valence electrons. The largest absolute Gasteiger partial charge is 0.444 e. The number of halogens is 1. The second-order valence-corrected chi connectivity index (χ2v) is 8.61. The lowest BCUT2D eigenvalue weighted by Crippen LogP contribution is -2.44. The van der Waals surface area contributed by atoms with Crippen molar-refractivity contribution in [1.29, 1.82) is 0 Å². The first-order valence-electron chi connectivity index (χ1n) is 10.4. The number of amides is 3. The van der Waals surface area contributed by atoms with Crippen LogP contribution < -0.4 is 10.6 Å². The summed E-state index contributed by atoms with van der Waals surface area (Å²) >= 11 is 0. The topological polar surface area (TPSA) is 87.7 Å². The number of nitrogens with zero attached hydrogens (tertiary/aromatic N) is 1. The minimum Gasteiger partial charge on any atom is -0.444 e. The quantitative estimate of drug-likeness (QED) is 0.709. The van der Waals surface area contributed by atoms with E-state index < -0.39 is 11.7 Å². The highest BCUT2D eigenvalue weighted by Gasteiger charge is 2.23. The molecule has 0 atom stereocenters. The summed E-state index contributed by atoms with van der Waals surface area (Å²) in [7, 11) is 0. The number of likely N-dealkylation sites (tertiary alicyclic amines) is 1. The van der Waals surface area contributed by atoms with Crippen LogP contribution in [0.25, 0.3) is 0 Å². The molecule has 1 aromatic carbocycles. The standard InChI is InChI=1S/C22H32FN3O4/c1-22(2,3)30-21(29)25-15-19(27)24-14-17-10-12-26(13-11-17)20(28)9-6-16-4-7-18(23)8-5-16/h4-5,7-8,17H,6,9-15H2,1-3H3,(H,24,27)(H,25,29). The van der Waals surface area contributed by atoms with Gasteiger partial charge in [0.1, 0.15) is 11.4 Å². The molecule has 0 aromatic heterocycles. The lowest BCUT2D eigenvalue weighted by molar-refractivity contribution is -0.132. The van der Waals surface area contributed by atoms with E-state index in [0.29, 0.717) is 38.4 Å². The van der Waals surface area contributed by atoms with Gasteiger partial charge < -0.3 is 20.3 Å². The Morgan fingerprint density at radius 2 is 1.73 bits per heavy atom. The Bertz CT molecular complexity index is 723. The van der Waals surface area contributed by atoms with Crippen LogP contribution in [0.5, 0.6) is 0 Å². The van der Waals surface area contributed by atoms with Gasteiger partial charge in [-0.05, 0) is 63.6 Å².